The maximum absolute atomic E-state index is 12.9. The summed E-state index contributed by atoms with van der Waals surface area (Å²) in [7, 11) is 0. The zero-order chi connectivity index (χ0) is 20.9. The summed E-state index contributed by atoms with van der Waals surface area (Å²) < 4.78 is 45.3. The molecular formula is C17H15F3N4O5. The summed E-state index contributed by atoms with van der Waals surface area (Å²) in [5.74, 6) is 0.00719. The fourth-order valence-corrected chi connectivity index (χ4v) is 3.27. The lowest BCUT2D eigenvalue weighted by molar-refractivity contribution is -0.137. The predicted molar refractivity (Wildman–Crippen MR) is 91.6 cm³/mol. The average molecular weight is 412 g/mol. The molecule has 4 rings (SSSR count). The molecular weight excluding hydrogens is 397 g/mol. The van der Waals surface area contributed by atoms with Gasteiger partial charge in [-0.3, -0.25) is 9.36 Å². The smallest absolute Gasteiger partial charge is 0.394 e. The molecule has 0 bridgehead atoms. The second-order valence-corrected chi connectivity index (χ2v) is 6.51. The summed E-state index contributed by atoms with van der Waals surface area (Å²) in [5, 5.41) is 29.8. The Labute approximate surface area is 160 Å². The molecule has 4 atom stereocenters. The molecule has 0 spiro atoms. The minimum atomic E-state index is -4.53. The lowest BCUT2D eigenvalue weighted by atomic mass is 10.1. The Morgan fingerprint density at radius 1 is 1.17 bits per heavy atom. The van der Waals surface area contributed by atoms with E-state index in [1.165, 1.54) is 4.57 Å². The Morgan fingerprint density at radius 3 is 2.45 bits per heavy atom. The highest BCUT2D eigenvalue weighted by Gasteiger charge is 2.45. The third-order valence-corrected chi connectivity index (χ3v) is 4.73. The van der Waals surface area contributed by atoms with Crippen LogP contribution in [0.3, 0.4) is 0 Å². The largest absolute Gasteiger partial charge is 0.416 e. The summed E-state index contributed by atoms with van der Waals surface area (Å²) in [6.07, 6.45) is -8.74. The normalized spacial score (nSPS) is 25.0. The number of nitrogens with one attached hydrogen (secondary N) is 1. The van der Waals surface area contributed by atoms with E-state index in [1.54, 1.807) is 0 Å². The highest BCUT2D eigenvalue weighted by molar-refractivity contribution is 5.76. The number of halogens is 3. The number of nitrogens with zero attached hydrogens (tertiary/aromatic N) is 3. The molecule has 0 unspecified atom stereocenters. The molecule has 1 aliphatic heterocycles. The van der Waals surface area contributed by atoms with E-state index in [4.69, 9.17) is 4.74 Å². The summed E-state index contributed by atoms with van der Waals surface area (Å²) >= 11 is 0. The zero-order valence-corrected chi connectivity index (χ0v) is 14.5. The van der Waals surface area contributed by atoms with Crippen LogP contribution in [0.5, 0.6) is 0 Å². The molecule has 1 saturated heterocycles. The van der Waals surface area contributed by atoms with Crippen molar-refractivity contribution in [3.63, 3.8) is 0 Å². The van der Waals surface area contributed by atoms with Crippen LogP contribution in [0.1, 0.15) is 11.8 Å². The van der Waals surface area contributed by atoms with Gasteiger partial charge in [-0.2, -0.15) is 13.2 Å². The van der Waals surface area contributed by atoms with E-state index in [9.17, 15) is 33.3 Å². The number of H-pyrrole nitrogens is 1. The third kappa shape index (κ3) is 3.19. The predicted octanol–water partition coefficient (Wildman–Crippen LogP) is 0.417. The molecule has 4 N–H and O–H groups in total. The van der Waals surface area contributed by atoms with Gasteiger partial charge in [0, 0.05) is 5.56 Å². The monoisotopic (exact) mass is 412 g/mol. The van der Waals surface area contributed by atoms with Crippen LogP contribution in [0.2, 0.25) is 0 Å². The Kier molecular flexibility index (Phi) is 4.65. The highest BCUT2D eigenvalue weighted by atomic mass is 19.4. The highest BCUT2D eigenvalue weighted by Crippen LogP contribution is 2.36. The Morgan fingerprint density at radius 2 is 1.86 bits per heavy atom. The Bertz CT molecular complexity index is 1100. The number of rotatable bonds is 3. The molecule has 0 radical (unpaired) electrons. The van der Waals surface area contributed by atoms with Gasteiger partial charge in [0.25, 0.3) is 5.56 Å². The van der Waals surface area contributed by atoms with Crippen LogP contribution >= 0.6 is 0 Å². The number of aliphatic hydroxyl groups excluding tert-OH is 3. The molecule has 154 valence electrons. The zero-order valence-electron chi connectivity index (χ0n) is 14.5. The van der Waals surface area contributed by atoms with E-state index in [-0.39, 0.29) is 22.6 Å². The standard InChI is InChI=1S/C17H15F3N4O5/c18-17(19,20)8-3-1-7(2-4-8)13-23-10-14(21-6-22-15(10)28)24(13)16-12(27)11(26)9(5-25)29-16/h1-4,6,9,11-12,16,25-27H,5H2,(H,21,22,28)/t9-,11-,12-,16-/m1/s1. The summed E-state index contributed by atoms with van der Waals surface area (Å²) in [4.78, 5) is 22.7. The number of aromatic amines is 1. The number of aliphatic hydroxyl groups is 3. The van der Waals surface area contributed by atoms with E-state index in [1.807, 2.05) is 0 Å². The Balaban J connectivity index is 1.90. The number of alkyl halides is 3. The van der Waals surface area contributed by atoms with Crippen molar-refractivity contribution in [2.45, 2.75) is 30.7 Å². The van der Waals surface area contributed by atoms with E-state index in [2.05, 4.69) is 15.0 Å². The van der Waals surface area contributed by atoms with Crippen molar-refractivity contribution in [1.82, 2.24) is 19.5 Å². The van der Waals surface area contributed by atoms with Gasteiger partial charge in [0.05, 0.1) is 18.5 Å². The van der Waals surface area contributed by atoms with Gasteiger partial charge in [0.15, 0.2) is 17.4 Å². The minimum Gasteiger partial charge on any atom is -0.394 e. The molecule has 1 aromatic carbocycles. The first-order chi connectivity index (χ1) is 13.7. The lowest BCUT2D eigenvalue weighted by Crippen LogP contribution is -2.33. The van der Waals surface area contributed by atoms with Crippen LogP contribution in [-0.4, -0.2) is 59.8 Å². The van der Waals surface area contributed by atoms with Gasteiger partial charge < -0.3 is 25.0 Å². The molecule has 0 aliphatic carbocycles. The summed E-state index contributed by atoms with van der Waals surface area (Å²) in [6.45, 7) is -0.578. The number of hydrogen-bond donors (Lipinski definition) is 4. The number of hydrogen-bond acceptors (Lipinski definition) is 7. The Hall–Kier alpha value is -2.80. The quantitative estimate of drug-likeness (QED) is 0.490. The SMILES string of the molecule is O=c1[nH]cnc2c1nc(-c1ccc(C(F)(F)F)cc1)n2[C@@H]1O[C@H](CO)[C@@H](O)[C@H]1O. The van der Waals surface area contributed by atoms with Crippen molar-refractivity contribution in [2.24, 2.45) is 0 Å². The van der Waals surface area contributed by atoms with Gasteiger partial charge in [-0.1, -0.05) is 12.1 Å². The van der Waals surface area contributed by atoms with Gasteiger partial charge in [-0.05, 0) is 12.1 Å². The van der Waals surface area contributed by atoms with Gasteiger partial charge in [0.1, 0.15) is 24.1 Å². The van der Waals surface area contributed by atoms with Crippen molar-refractivity contribution in [3.05, 3.63) is 46.5 Å². The first-order valence-electron chi connectivity index (χ1n) is 8.48. The molecule has 29 heavy (non-hydrogen) atoms. The number of ether oxygens (including phenoxy) is 1. The molecule has 3 aromatic rings. The van der Waals surface area contributed by atoms with Crippen LogP contribution in [0.4, 0.5) is 13.2 Å². The summed E-state index contributed by atoms with van der Waals surface area (Å²) in [5.41, 5.74) is -1.40. The fraction of sp³-hybridized carbons (Fsp3) is 0.353. The third-order valence-electron chi connectivity index (χ3n) is 4.73. The lowest BCUT2D eigenvalue weighted by Gasteiger charge is -2.19. The number of benzene rings is 1. The second-order valence-electron chi connectivity index (χ2n) is 6.51. The van der Waals surface area contributed by atoms with E-state index >= 15 is 0 Å². The van der Waals surface area contributed by atoms with Gasteiger partial charge in [0.2, 0.25) is 0 Å². The number of fused-ring (bicyclic) bond motifs is 1. The van der Waals surface area contributed by atoms with Crippen LogP contribution < -0.4 is 5.56 Å². The minimum absolute atomic E-state index is 0.00140. The van der Waals surface area contributed by atoms with Gasteiger partial charge >= 0.3 is 6.18 Å². The van der Waals surface area contributed by atoms with Crippen molar-refractivity contribution in [1.29, 1.82) is 0 Å². The summed E-state index contributed by atoms with van der Waals surface area (Å²) in [6, 6.07) is 4.04. The van der Waals surface area contributed by atoms with Crippen LogP contribution in [0, 0.1) is 0 Å². The molecule has 0 amide bonds. The topological polar surface area (TPSA) is 133 Å². The average Bonchev–Trinajstić information content (AvgIpc) is 3.20. The molecule has 1 aliphatic rings. The van der Waals surface area contributed by atoms with Crippen molar-refractivity contribution < 1.29 is 33.2 Å². The van der Waals surface area contributed by atoms with E-state index < -0.39 is 48.4 Å². The van der Waals surface area contributed by atoms with Crippen LogP contribution in [0.15, 0.2) is 35.4 Å². The van der Waals surface area contributed by atoms with Gasteiger partial charge in [-0.25, -0.2) is 9.97 Å². The van der Waals surface area contributed by atoms with Crippen molar-refractivity contribution >= 4 is 11.2 Å². The number of aromatic nitrogens is 4. The van der Waals surface area contributed by atoms with E-state index in [0.717, 1.165) is 30.6 Å². The van der Waals surface area contributed by atoms with Gasteiger partial charge in [-0.15, -0.1) is 0 Å². The first kappa shape index (κ1) is 19.5. The van der Waals surface area contributed by atoms with Crippen molar-refractivity contribution in [3.8, 4) is 11.4 Å². The maximum atomic E-state index is 12.9. The molecule has 3 heterocycles. The fourth-order valence-electron chi connectivity index (χ4n) is 3.27. The molecule has 1 fully saturated rings. The van der Waals surface area contributed by atoms with Crippen LogP contribution in [-0.2, 0) is 10.9 Å². The van der Waals surface area contributed by atoms with E-state index in [0.29, 0.717) is 0 Å². The van der Waals surface area contributed by atoms with Crippen LogP contribution in [0.25, 0.3) is 22.6 Å². The maximum Gasteiger partial charge on any atom is 0.416 e. The molecule has 0 saturated carbocycles. The molecule has 2 aromatic heterocycles. The van der Waals surface area contributed by atoms with Crippen molar-refractivity contribution in [2.75, 3.05) is 6.61 Å². The number of imidazole rings is 1. The molecule has 9 nitrogen and oxygen atoms in total. The first-order valence-corrected chi connectivity index (χ1v) is 8.48. The molecule has 12 heteroatoms. The second kappa shape index (κ2) is 6.91.